The molecule has 2 aromatic carbocycles. The minimum Gasteiger partial charge on any atom is -0.504 e. The van der Waals surface area contributed by atoms with Crippen LogP contribution in [0.15, 0.2) is 36.4 Å². The number of methoxy groups -OCH3 is 2. The summed E-state index contributed by atoms with van der Waals surface area (Å²) in [5.74, 6) is 0.724. The fourth-order valence-corrected chi connectivity index (χ4v) is 3.72. The molecule has 1 heterocycles. The van der Waals surface area contributed by atoms with Crippen LogP contribution in [-0.4, -0.2) is 60.4 Å². The van der Waals surface area contributed by atoms with E-state index in [4.69, 9.17) is 9.47 Å². The van der Waals surface area contributed by atoms with E-state index in [-0.39, 0.29) is 11.5 Å². The molecule has 30 heavy (non-hydrogen) atoms. The van der Waals surface area contributed by atoms with Crippen molar-refractivity contribution in [2.75, 3.05) is 40.4 Å². The van der Waals surface area contributed by atoms with E-state index in [2.05, 4.69) is 12.1 Å². The molecule has 0 radical (unpaired) electrons. The number of rotatable bonds is 6. The van der Waals surface area contributed by atoms with Crippen molar-refractivity contribution in [3.63, 3.8) is 0 Å². The first-order chi connectivity index (χ1) is 14.5. The van der Waals surface area contributed by atoms with Crippen molar-refractivity contribution >= 4 is 0 Å². The van der Waals surface area contributed by atoms with Crippen molar-refractivity contribution in [2.45, 2.75) is 12.1 Å². The molecule has 0 amide bonds. The second-order valence-electron chi connectivity index (χ2n) is 7.00. The van der Waals surface area contributed by atoms with Crippen molar-refractivity contribution in [1.82, 2.24) is 9.80 Å². The summed E-state index contributed by atoms with van der Waals surface area (Å²) in [5, 5.41) is 39.1. The van der Waals surface area contributed by atoms with Gasteiger partial charge in [-0.25, -0.2) is 0 Å². The summed E-state index contributed by atoms with van der Waals surface area (Å²) < 4.78 is 10.3. The van der Waals surface area contributed by atoms with Gasteiger partial charge in [-0.15, -0.1) is 0 Å². The average Bonchev–Trinajstić information content (AvgIpc) is 2.77. The van der Waals surface area contributed by atoms with Crippen LogP contribution in [-0.2, 0) is 0 Å². The molecule has 2 N–H and O–H groups in total. The van der Waals surface area contributed by atoms with Gasteiger partial charge < -0.3 is 19.7 Å². The number of nitriles is 2. The highest BCUT2D eigenvalue weighted by Crippen LogP contribution is 2.33. The van der Waals surface area contributed by atoms with Crippen LogP contribution >= 0.6 is 0 Å². The Labute approximate surface area is 175 Å². The molecule has 0 aromatic heterocycles. The monoisotopic (exact) mass is 408 g/mol. The van der Waals surface area contributed by atoms with Gasteiger partial charge in [0.2, 0.25) is 0 Å². The summed E-state index contributed by atoms with van der Waals surface area (Å²) in [5.41, 5.74) is 1.50. The topological polar surface area (TPSA) is 113 Å². The highest BCUT2D eigenvalue weighted by Gasteiger charge is 2.30. The van der Waals surface area contributed by atoms with Crippen LogP contribution in [0.25, 0.3) is 0 Å². The number of aromatic hydroxyl groups is 2. The second kappa shape index (κ2) is 9.36. The molecule has 8 nitrogen and oxygen atoms in total. The van der Waals surface area contributed by atoms with Gasteiger partial charge in [-0.2, -0.15) is 10.5 Å². The highest BCUT2D eigenvalue weighted by atomic mass is 16.5. The Morgan fingerprint density at radius 1 is 0.767 bits per heavy atom. The van der Waals surface area contributed by atoms with Crippen LogP contribution in [0.5, 0.6) is 23.0 Å². The van der Waals surface area contributed by atoms with E-state index < -0.39 is 12.1 Å². The summed E-state index contributed by atoms with van der Waals surface area (Å²) in [4.78, 5) is 4.10. The number of ether oxygens (including phenoxy) is 2. The maximum absolute atomic E-state index is 9.80. The Bertz CT molecular complexity index is 895. The fraction of sp³-hybridized carbons (Fsp3) is 0.364. The third-order valence-corrected chi connectivity index (χ3v) is 5.36. The molecular weight excluding hydrogens is 384 g/mol. The third kappa shape index (κ3) is 4.25. The molecule has 1 fully saturated rings. The summed E-state index contributed by atoms with van der Waals surface area (Å²) in [6.45, 7) is 2.42. The Kier molecular flexibility index (Phi) is 6.63. The number of hydrogen-bond acceptors (Lipinski definition) is 8. The van der Waals surface area contributed by atoms with Gasteiger partial charge in [-0.1, -0.05) is 12.1 Å². The van der Waals surface area contributed by atoms with Gasteiger partial charge in [0.05, 0.1) is 26.4 Å². The zero-order valence-corrected chi connectivity index (χ0v) is 16.9. The molecule has 0 unspecified atom stereocenters. The van der Waals surface area contributed by atoms with Gasteiger partial charge in [0, 0.05) is 26.2 Å². The lowest BCUT2D eigenvalue weighted by molar-refractivity contribution is 0.0977. The summed E-state index contributed by atoms with van der Waals surface area (Å²) >= 11 is 0. The molecule has 0 spiro atoms. The first-order valence-corrected chi connectivity index (χ1v) is 9.53. The van der Waals surface area contributed by atoms with Crippen LogP contribution in [0.4, 0.5) is 0 Å². The first kappa shape index (κ1) is 21.3. The molecule has 0 bridgehead atoms. The Morgan fingerprint density at radius 2 is 1.13 bits per heavy atom. The molecule has 2 atom stereocenters. The van der Waals surface area contributed by atoms with E-state index in [0.717, 1.165) is 11.1 Å². The number of benzene rings is 2. The molecule has 0 aliphatic carbocycles. The molecule has 0 saturated carbocycles. The van der Waals surface area contributed by atoms with Crippen molar-refractivity contribution in [3.05, 3.63) is 47.5 Å². The molecule has 8 heteroatoms. The van der Waals surface area contributed by atoms with E-state index >= 15 is 0 Å². The largest absolute Gasteiger partial charge is 0.504 e. The lowest BCUT2D eigenvalue weighted by atomic mass is 10.0. The molecule has 1 saturated heterocycles. The number of nitrogens with zero attached hydrogens (tertiary/aromatic N) is 4. The van der Waals surface area contributed by atoms with Gasteiger partial charge in [-0.05, 0) is 35.4 Å². The third-order valence-electron chi connectivity index (χ3n) is 5.36. The first-order valence-electron chi connectivity index (χ1n) is 9.53. The van der Waals surface area contributed by atoms with E-state index in [9.17, 15) is 20.7 Å². The maximum Gasteiger partial charge on any atom is 0.160 e. The van der Waals surface area contributed by atoms with Crippen molar-refractivity contribution in [2.24, 2.45) is 0 Å². The number of hydrogen-bond donors (Lipinski definition) is 2. The summed E-state index contributed by atoms with van der Waals surface area (Å²) in [7, 11) is 2.94. The SMILES string of the molecule is COc1cc([C@@H](C#N)N2CCN([C@@H](C#N)c3ccc(O)c(OC)c3)CC2)ccc1O. The Hall–Kier alpha value is -3.46. The highest BCUT2D eigenvalue weighted by molar-refractivity contribution is 5.45. The minimum atomic E-state index is -0.476. The van der Waals surface area contributed by atoms with E-state index in [0.29, 0.717) is 37.7 Å². The van der Waals surface area contributed by atoms with Crippen LogP contribution in [0.3, 0.4) is 0 Å². The molecular formula is C22H24N4O4. The summed E-state index contributed by atoms with van der Waals surface area (Å²) in [6, 6.07) is 13.6. The van der Waals surface area contributed by atoms with Gasteiger partial charge in [-0.3, -0.25) is 9.80 Å². The fourth-order valence-electron chi connectivity index (χ4n) is 3.72. The van der Waals surface area contributed by atoms with E-state index in [1.54, 1.807) is 24.3 Å². The standard InChI is InChI=1S/C22H24N4O4/c1-29-21-11-15(3-5-19(21)27)17(13-23)25-7-9-26(10-8-25)18(14-24)16-4-6-20(28)22(12-16)30-2/h3-6,11-12,17-18,27-28H,7-10H2,1-2H3/t17-,18+. The quantitative estimate of drug-likeness (QED) is 0.750. The molecule has 2 aromatic rings. The molecule has 156 valence electrons. The average molecular weight is 408 g/mol. The Balaban J connectivity index is 1.73. The summed E-state index contributed by atoms with van der Waals surface area (Å²) in [6.07, 6.45) is 0. The van der Waals surface area contributed by atoms with Gasteiger partial charge >= 0.3 is 0 Å². The number of phenolic OH excluding ortho intramolecular Hbond substituents is 2. The number of piperazine rings is 1. The van der Waals surface area contributed by atoms with E-state index in [1.165, 1.54) is 26.4 Å². The van der Waals surface area contributed by atoms with Crippen LogP contribution in [0, 0.1) is 22.7 Å². The number of phenols is 2. The minimum absolute atomic E-state index is 0.0314. The van der Waals surface area contributed by atoms with Gasteiger partial charge in [0.1, 0.15) is 12.1 Å². The predicted molar refractivity (Wildman–Crippen MR) is 109 cm³/mol. The van der Waals surface area contributed by atoms with E-state index in [1.807, 2.05) is 9.80 Å². The van der Waals surface area contributed by atoms with Gasteiger partial charge in [0.15, 0.2) is 23.0 Å². The second-order valence-corrected chi connectivity index (χ2v) is 7.00. The normalized spacial score (nSPS) is 16.8. The predicted octanol–water partition coefficient (Wildman–Crippen LogP) is 2.56. The van der Waals surface area contributed by atoms with Gasteiger partial charge in [0.25, 0.3) is 0 Å². The van der Waals surface area contributed by atoms with Crippen LogP contribution in [0.1, 0.15) is 23.2 Å². The van der Waals surface area contributed by atoms with Crippen LogP contribution in [0.2, 0.25) is 0 Å². The van der Waals surface area contributed by atoms with Crippen molar-refractivity contribution in [3.8, 4) is 35.1 Å². The lowest BCUT2D eigenvalue weighted by Gasteiger charge is -2.39. The molecule has 1 aliphatic heterocycles. The van der Waals surface area contributed by atoms with Crippen molar-refractivity contribution < 1.29 is 19.7 Å². The smallest absolute Gasteiger partial charge is 0.160 e. The molecule has 3 rings (SSSR count). The maximum atomic E-state index is 9.80. The zero-order valence-electron chi connectivity index (χ0n) is 16.9. The molecule has 1 aliphatic rings. The zero-order chi connectivity index (χ0) is 21.7. The lowest BCUT2D eigenvalue weighted by Crippen LogP contribution is -2.48. The van der Waals surface area contributed by atoms with Crippen molar-refractivity contribution in [1.29, 1.82) is 10.5 Å². The van der Waals surface area contributed by atoms with Crippen LogP contribution < -0.4 is 9.47 Å². The Morgan fingerprint density at radius 3 is 1.43 bits per heavy atom.